The third kappa shape index (κ3) is 5.18. The molecule has 0 aliphatic carbocycles. The first-order chi connectivity index (χ1) is 16.7. The molecule has 1 aromatic heterocycles. The highest BCUT2D eigenvalue weighted by atomic mass is 35.5. The van der Waals surface area contributed by atoms with Crippen LogP contribution in [0.25, 0.3) is 11.4 Å². The lowest BCUT2D eigenvalue weighted by atomic mass is 10.1. The number of hydrogen-bond donors (Lipinski definition) is 0. The molecule has 1 amide bonds. The molecule has 3 aromatic carbocycles. The molecule has 1 aliphatic heterocycles. The summed E-state index contributed by atoms with van der Waals surface area (Å²) in [4.78, 5) is 14.5. The van der Waals surface area contributed by atoms with E-state index >= 15 is 0 Å². The molecule has 0 spiro atoms. The van der Waals surface area contributed by atoms with Crippen LogP contribution < -0.4 is 0 Å². The number of aromatic nitrogens is 3. The highest BCUT2D eigenvalue weighted by Crippen LogP contribution is 2.28. The summed E-state index contributed by atoms with van der Waals surface area (Å²) in [6.45, 7) is 2.41. The minimum Gasteiger partial charge on any atom is -0.339 e. The van der Waals surface area contributed by atoms with Crippen LogP contribution in [0, 0.1) is 0 Å². The predicted octanol–water partition coefficient (Wildman–Crippen LogP) is 6.18. The van der Waals surface area contributed by atoms with Gasteiger partial charge in [-0.1, -0.05) is 65.8 Å². The summed E-state index contributed by atoms with van der Waals surface area (Å²) < 4.78 is 2.15. The van der Waals surface area contributed by atoms with E-state index in [0.717, 1.165) is 59.4 Å². The third-order valence-electron chi connectivity index (χ3n) is 5.96. The number of rotatable bonds is 7. The monoisotopic (exact) mass is 488 g/mol. The molecule has 0 atom stereocenters. The quantitative estimate of drug-likeness (QED) is 0.292. The van der Waals surface area contributed by atoms with E-state index in [2.05, 4.69) is 26.9 Å². The smallest absolute Gasteiger partial charge is 0.253 e. The number of halogens is 1. The lowest BCUT2D eigenvalue weighted by Gasteiger charge is -2.15. The highest BCUT2D eigenvalue weighted by molar-refractivity contribution is 7.98. The van der Waals surface area contributed by atoms with Crippen LogP contribution in [0.15, 0.2) is 84.0 Å². The topological polar surface area (TPSA) is 51.0 Å². The fourth-order valence-corrected chi connectivity index (χ4v) is 5.13. The van der Waals surface area contributed by atoms with Crippen molar-refractivity contribution in [2.75, 3.05) is 13.1 Å². The number of thioether (sulfide) groups is 1. The molecule has 2 heterocycles. The maximum absolute atomic E-state index is 12.6. The van der Waals surface area contributed by atoms with Crippen molar-refractivity contribution in [1.29, 1.82) is 0 Å². The molecule has 5 rings (SSSR count). The fourth-order valence-electron chi connectivity index (χ4n) is 4.11. The zero-order valence-corrected chi connectivity index (χ0v) is 20.3. The molecule has 34 heavy (non-hydrogen) atoms. The molecule has 0 N–H and O–H groups in total. The lowest BCUT2D eigenvalue weighted by Crippen LogP contribution is -2.27. The molecule has 1 fully saturated rings. The normalized spacial score (nSPS) is 13.4. The summed E-state index contributed by atoms with van der Waals surface area (Å²) >= 11 is 7.73. The fraction of sp³-hybridized carbons (Fsp3) is 0.222. The van der Waals surface area contributed by atoms with Crippen molar-refractivity contribution in [2.24, 2.45) is 0 Å². The van der Waals surface area contributed by atoms with E-state index in [4.69, 9.17) is 11.6 Å². The minimum absolute atomic E-state index is 0.131. The van der Waals surface area contributed by atoms with E-state index in [1.807, 2.05) is 71.6 Å². The molecular weight excluding hydrogens is 464 g/mol. The van der Waals surface area contributed by atoms with Crippen LogP contribution in [0.5, 0.6) is 0 Å². The van der Waals surface area contributed by atoms with Gasteiger partial charge in [0.05, 0.1) is 6.54 Å². The Morgan fingerprint density at radius 2 is 1.56 bits per heavy atom. The molecule has 0 saturated carbocycles. The van der Waals surface area contributed by atoms with Crippen LogP contribution in [0.2, 0.25) is 5.02 Å². The van der Waals surface area contributed by atoms with Gasteiger partial charge in [-0.15, -0.1) is 10.2 Å². The van der Waals surface area contributed by atoms with Gasteiger partial charge >= 0.3 is 0 Å². The SMILES string of the molecule is O=C(c1ccc(CSc2nnc(-c3ccc(Cl)cc3)n2Cc2ccccc2)cc1)N1CCCC1. The Balaban J connectivity index is 1.34. The zero-order chi connectivity index (χ0) is 23.3. The Kier molecular flexibility index (Phi) is 6.97. The summed E-state index contributed by atoms with van der Waals surface area (Å²) in [5, 5.41) is 10.6. The lowest BCUT2D eigenvalue weighted by molar-refractivity contribution is 0.0793. The van der Waals surface area contributed by atoms with Crippen LogP contribution in [0.1, 0.15) is 34.3 Å². The van der Waals surface area contributed by atoms with Crippen molar-refractivity contribution < 1.29 is 4.79 Å². The summed E-state index contributed by atoms with van der Waals surface area (Å²) in [5.74, 6) is 1.69. The number of carbonyl (C=O) groups is 1. The number of carbonyl (C=O) groups excluding carboxylic acids is 1. The van der Waals surface area contributed by atoms with Gasteiger partial charge in [0.2, 0.25) is 0 Å². The van der Waals surface area contributed by atoms with E-state index in [1.54, 1.807) is 11.8 Å². The van der Waals surface area contributed by atoms with Crippen LogP contribution >= 0.6 is 23.4 Å². The Morgan fingerprint density at radius 3 is 2.26 bits per heavy atom. The van der Waals surface area contributed by atoms with Crippen LogP contribution in [0.4, 0.5) is 0 Å². The molecule has 0 radical (unpaired) electrons. The second-order valence-corrected chi connectivity index (χ2v) is 9.75. The Labute approximate surface area is 208 Å². The van der Waals surface area contributed by atoms with E-state index in [1.165, 1.54) is 5.56 Å². The molecule has 1 saturated heterocycles. The summed E-state index contributed by atoms with van der Waals surface area (Å²) in [7, 11) is 0. The van der Waals surface area contributed by atoms with Gasteiger partial charge in [0.15, 0.2) is 11.0 Å². The zero-order valence-electron chi connectivity index (χ0n) is 18.7. The maximum Gasteiger partial charge on any atom is 0.253 e. The van der Waals surface area contributed by atoms with Crippen molar-refractivity contribution in [3.8, 4) is 11.4 Å². The Hall–Kier alpha value is -3.09. The van der Waals surface area contributed by atoms with Crippen molar-refractivity contribution in [1.82, 2.24) is 19.7 Å². The largest absolute Gasteiger partial charge is 0.339 e. The minimum atomic E-state index is 0.131. The first-order valence-corrected chi connectivity index (χ1v) is 12.8. The first kappa shape index (κ1) is 22.7. The Bertz CT molecular complexity index is 1250. The Morgan fingerprint density at radius 1 is 0.853 bits per heavy atom. The van der Waals surface area contributed by atoms with Gasteiger partial charge in [-0.3, -0.25) is 9.36 Å². The van der Waals surface area contributed by atoms with Gasteiger partial charge in [0.25, 0.3) is 5.91 Å². The highest BCUT2D eigenvalue weighted by Gasteiger charge is 2.19. The molecule has 1 aliphatic rings. The molecule has 4 aromatic rings. The van der Waals surface area contributed by atoms with Crippen molar-refractivity contribution in [3.05, 3.63) is 101 Å². The number of benzene rings is 3. The first-order valence-electron chi connectivity index (χ1n) is 11.4. The maximum atomic E-state index is 12.6. The second kappa shape index (κ2) is 10.5. The number of nitrogens with zero attached hydrogens (tertiary/aromatic N) is 4. The van der Waals surface area contributed by atoms with Crippen molar-refractivity contribution in [3.63, 3.8) is 0 Å². The van der Waals surface area contributed by atoms with E-state index in [9.17, 15) is 4.79 Å². The van der Waals surface area contributed by atoms with Crippen molar-refractivity contribution >= 4 is 29.3 Å². The van der Waals surface area contributed by atoms with Gasteiger partial charge in [-0.2, -0.15) is 0 Å². The standard InChI is InChI=1S/C27H25ClN4OS/c28-24-14-12-22(13-15-24)25-29-30-27(32(25)18-20-6-2-1-3-7-20)34-19-21-8-10-23(11-9-21)26(33)31-16-4-5-17-31/h1-3,6-15H,4-5,16-19H2. The number of hydrogen-bond acceptors (Lipinski definition) is 4. The average molecular weight is 489 g/mol. The molecular formula is C27H25ClN4OS. The van der Waals surface area contributed by atoms with Gasteiger partial charge in [0.1, 0.15) is 0 Å². The van der Waals surface area contributed by atoms with Gasteiger partial charge in [-0.25, -0.2) is 0 Å². The molecule has 0 bridgehead atoms. The van der Waals surface area contributed by atoms with Gasteiger partial charge in [0, 0.05) is 35.0 Å². The summed E-state index contributed by atoms with van der Waals surface area (Å²) in [6, 6.07) is 25.9. The van der Waals surface area contributed by atoms with Crippen LogP contribution in [-0.2, 0) is 12.3 Å². The molecule has 7 heteroatoms. The van der Waals surface area contributed by atoms with Crippen molar-refractivity contribution in [2.45, 2.75) is 30.3 Å². The average Bonchev–Trinajstić information content (AvgIpc) is 3.55. The van der Waals surface area contributed by atoms with Crippen LogP contribution in [0.3, 0.4) is 0 Å². The van der Waals surface area contributed by atoms with E-state index < -0.39 is 0 Å². The molecule has 5 nitrogen and oxygen atoms in total. The molecule has 172 valence electrons. The van der Waals surface area contributed by atoms with Crippen LogP contribution in [-0.4, -0.2) is 38.7 Å². The summed E-state index contributed by atoms with van der Waals surface area (Å²) in [5.41, 5.74) is 4.06. The van der Waals surface area contributed by atoms with E-state index in [0.29, 0.717) is 11.6 Å². The second-order valence-electron chi connectivity index (χ2n) is 8.37. The number of likely N-dealkylation sites (tertiary alicyclic amines) is 1. The van der Waals surface area contributed by atoms with E-state index in [-0.39, 0.29) is 5.91 Å². The summed E-state index contributed by atoms with van der Waals surface area (Å²) in [6.07, 6.45) is 2.20. The number of amides is 1. The molecule has 0 unspecified atom stereocenters. The third-order valence-corrected chi connectivity index (χ3v) is 7.25. The van der Waals surface area contributed by atoms with Gasteiger partial charge < -0.3 is 4.90 Å². The predicted molar refractivity (Wildman–Crippen MR) is 137 cm³/mol. The van der Waals surface area contributed by atoms with Gasteiger partial charge in [-0.05, 0) is 60.4 Å².